The average Bonchev–Trinajstić information content (AvgIpc) is 2.44. The summed E-state index contributed by atoms with van der Waals surface area (Å²) in [5.41, 5.74) is 1.07. The molecule has 1 rings (SSSR count). The lowest BCUT2D eigenvalue weighted by Gasteiger charge is -2.08. The first-order chi connectivity index (χ1) is 9.52. The summed E-state index contributed by atoms with van der Waals surface area (Å²) in [7, 11) is 0. The van der Waals surface area contributed by atoms with E-state index in [0.29, 0.717) is 23.6 Å². The van der Waals surface area contributed by atoms with Gasteiger partial charge in [-0.15, -0.1) is 0 Å². The van der Waals surface area contributed by atoms with E-state index in [1.165, 1.54) is 0 Å². The van der Waals surface area contributed by atoms with Crippen molar-refractivity contribution in [1.29, 1.82) is 0 Å². The third kappa shape index (κ3) is 5.84. The third-order valence-corrected chi connectivity index (χ3v) is 2.75. The second-order valence-corrected chi connectivity index (χ2v) is 4.96. The fourth-order valence-corrected chi connectivity index (χ4v) is 1.51. The second-order valence-electron chi connectivity index (χ2n) is 4.96. The van der Waals surface area contributed by atoms with Crippen LogP contribution in [0.2, 0.25) is 0 Å². The lowest BCUT2D eigenvalue weighted by molar-refractivity contribution is -0.124. The first-order valence-corrected chi connectivity index (χ1v) is 6.66. The number of esters is 1. The zero-order valence-electron chi connectivity index (χ0n) is 11.9. The zero-order chi connectivity index (χ0) is 15.0. The minimum Gasteiger partial charge on any atom is -0.452 e. The van der Waals surface area contributed by atoms with E-state index in [0.717, 1.165) is 6.42 Å². The van der Waals surface area contributed by atoms with Gasteiger partial charge in [-0.1, -0.05) is 26.0 Å². The maximum atomic E-state index is 11.7. The van der Waals surface area contributed by atoms with Crippen LogP contribution in [0.4, 0.5) is 0 Å². The van der Waals surface area contributed by atoms with E-state index in [1.54, 1.807) is 24.3 Å². The number of hydrogen-bond acceptors (Lipinski definition) is 4. The van der Waals surface area contributed by atoms with Gasteiger partial charge in [0, 0.05) is 6.54 Å². The molecular formula is C15H21NO4. The molecule has 1 aromatic rings. The first-order valence-electron chi connectivity index (χ1n) is 6.66. The zero-order valence-corrected chi connectivity index (χ0v) is 11.9. The van der Waals surface area contributed by atoms with Crippen LogP contribution in [-0.4, -0.2) is 30.1 Å². The smallest absolute Gasteiger partial charge is 0.338 e. The molecule has 0 aliphatic heterocycles. The third-order valence-electron chi connectivity index (χ3n) is 2.75. The van der Waals surface area contributed by atoms with Crippen LogP contribution in [0.3, 0.4) is 0 Å². The number of carbonyl (C=O) groups is 2. The molecule has 0 aliphatic carbocycles. The molecule has 0 saturated carbocycles. The van der Waals surface area contributed by atoms with Gasteiger partial charge in [0.15, 0.2) is 6.61 Å². The lowest BCUT2D eigenvalue weighted by atomic mass is 10.1. The van der Waals surface area contributed by atoms with Crippen molar-refractivity contribution in [3.8, 4) is 0 Å². The number of aliphatic hydroxyl groups is 1. The Morgan fingerprint density at radius 2 is 1.90 bits per heavy atom. The van der Waals surface area contributed by atoms with Crippen molar-refractivity contribution in [3.63, 3.8) is 0 Å². The predicted octanol–water partition coefficient (Wildman–Crippen LogP) is 1.50. The summed E-state index contributed by atoms with van der Waals surface area (Å²) in [6.45, 7) is 4.37. The molecule has 0 fully saturated rings. The van der Waals surface area contributed by atoms with E-state index < -0.39 is 5.97 Å². The van der Waals surface area contributed by atoms with E-state index in [1.807, 2.05) is 0 Å². The molecule has 5 heteroatoms. The quantitative estimate of drug-likeness (QED) is 0.742. The Morgan fingerprint density at radius 3 is 2.45 bits per heavy atom. The van der Waals surface area contributed by atoms with Crippen molar-refractivity contribution < 1.29 is 19.4 Å². The Kier molecular flexibility index (Phi) is 6.73. The molecule has 0 atom stereocenters. The standard InChI is InChI=1S/C15H21NO4/c1-11(2)7-8-16-14(18)10-20-15(19)13-5-3-12(9-17)4-6-13/h3-6,11,17H,7-10H2,1-2H3,(H,16,18). The molecule has 0 aromatic heterocycles. The van der Waals surface area contributed by atoms with Crippen LogP contribution in [0.1, 0.15) is 36.2 Å². The minimum absolute atomic E-state index is 0.0758. The van der Waals surface area contributed by atoms with Crippen LogP contribution in [0, 0.1) is 5.92 Å². The minimum atomic E-state index is -0.548. The maximum absolute atomic E-state index is 11.7. The van der Waals surface area contributed by atoms with Crippen LogP contribution in [0.15, 0.2) is 24.3 Å². The number of benzene rings is 1. The Labute approximate surface area is 118 Å². The molecule has 0 spiro atoms. The van der Waals surface area contributed by atoms with Crippen LogP contribution < -0.4 is 5.32 Å². The largest absolute Gasteiger partial charge is 0.452 e. The number of rotatable bonds is 7. The highest BCUT2D eigenvalue weighted by Crippen LogP contribution is 2.05. The van der Waals surface area contributed by atoms with Crippen molar-refractivity contribution in [3.05, 3.63) is 35.4 Å². The van der Waals surface area contributed by atoms with Gasteiger partial charge in [-0.3, -0.25) is 4.79 Å². The van der Waals surface area contributed by atoms with Gasteiger partial charge < -0.3 is 15.2 Å². The number of amides is 1. The van der Waals surface area contributed by atoms with E-state index in [2.05, 4.69) is 19.2 Å². The summed E-state index contributed by atoms with van der Waals surface area (Å²) < 4.78 is 4.91. The summed E-state index contributed by atoms with van der Waals surface area (Å²) in [6.07, 6.45) is 0.891. The lowest BCUT2D eigenvalue weighted by Crippen LogP contribution is -2.30. The number of aliphatic hydroxyl groups excluding tert-OH is 1. The van der Waals surface area contributed by atoms with Gasteiger partial charge in [-0.05, 0) is 30.0 Å². The fourth-order valence-electron chi connectivity index (χ4n) is 1.51. The van der Waals surface area contributed by atoms with E-state index >= 15 is 0 Å². The highest BCUT2D eigenvalue weighted by atomic mass is 16.5. The van der Waals surface area contributed by atoms with E-state index in [-0.39, 0.29) is 19.1 Å². The summed E-state index contributed by atoms with van der Waals surface area (Å²) >= 11 is 0. The molecule has 0 saturated heterocycles. The Bertz CT molecular complexity index is 440. The second kappa shape index (κ2) is 8.32. The highest BCUT2D eigenvalue weighted by Gasteiger charge is 2.09. The Morgan fingerprint density at radius 1 is 1.25 bits per heavy atom. The molecule has 0 bridgehead atoms. The molecule has 110 valence electrons. The fraction of sp³-hybridized carbons (Fsp3) is 0.467. The van der Waals surface area contributed by atoms with Crippen molar-refractivity contribution in [1.82, 2.24) is 5.32 Å². The normalized spacial score (nSPS) is 10.4. The van der Waals surface area contributed by atoms with Crippen LogP contribution in [0.5, 0.6) is 0 Å². The Balaban J connectivity index is 2.33. The summed E-state index contributed by atoms with van der Waals surface area (Å²) in [5.74, 6) is -0.331. The predicted molar refractivity (Wildman–Crippen MR) is 75.1 cm³/mol. The SMILES string of the molecule is CC(C)CCNC(=O)COC(=O)c1ccc(CO)cc1. The number of ether oxygens (including phenoxy) is 1. The van der Waals surface area contributed by atoms with Gasteiger partial charge >= 0.3 is 5.97 Å². The summed E-state index contributed by atoms with van der Waals surface area (Å²) in [4.78, 5) is 23.1. The van der Waals surface area contributed by atoms with Gasteiger partial charge in [0.1, 0.15) is 0 Å². The molecule has 2 N–H and O–H groups in total. The van der Waals surface area contributed by atoms with Crippen LogP contribution >= 0.6 is 0 Å². The van der Waals surface area contributed by atoms with Gasteiger partial charge in [0.25, 0.3) is 5.91 Å². The molecule has 0 aliphatic rings. The van der Waals surface area contributed by atoms with Gasteiger partial charge in [0.05, 0.1) is 12.2 Å². The van der Waals surface area contributed by atoms with Gasteiger partial charge in [0.2, 0.25) is 0 Å². The molecule has 1 amide bonds. The van der Waals surface area contributed by atoms with Crippen molar-refractivity contribution >= 4 is 11.9 Å². The summed E-state index contributed by atoms with van der Waals surface area (Å²) in [5, 5.41) is 11.6. The van der Waals surface area contributed by atoms with Gasteiger partial charge in [-0.2, -0.15) is 0 Å². The number of nitrogens with one attached hydrogen (secondary N) is 1. The monoisotopic (exact) mass is 279 g/mol. The number of carbonyl (C=O) groups excluding carboxylic acids is 2. The summed E-state index contributed by atoms with van der Waals surface area (Å²) in [6, 6.07) is 6.40. The first kappa shape index (κ1) is 16.2. The van der Waals surface area contributed by atoms with Crippen molar-refractivity contribution in [2.75, 3.05) is 13.2 Å². The molecular weight excluding hydrogens is 258 g/mol. The van der Waals surface area contributed by atoms with E-state index in [9.17, 15) is 9.59 Å². The van der Waals surface area contributed by atoms with E-state index in [4.69, 9.17) is 9.84 Å². The molecule has 1 aromatic carbocycles. The molecule has 0 radical (unpaired) electrons. The van der Waals surface area contributed by atoms with Crippen molar-refractivity contribution in [2.24, 2.45) is 5.92 Å². The van der Waals surface area contributed by atoms with Gasteiger partial charge in [-0.25, -0.2) is 4.79 Å². The molecule has 0 heterocycles. The average molecular weight is 279 g/mol. The molecule has 5 nitrogen and oxygen atoms in total. The van der Waals surface area contributed by atoms with Crippen LogP contribution in [-0.2, 0) is 16.1 Å². The highest BCUT2D eigenvalue weighted by molar-refractivity contribution is 5.91. The number of hydrogen-bond donors (Lipinski definition) is 2. The maximum Gasteiger partial charge on any atom is 0.338 e. The molecule has 0 unspecified atom stereocenters. The van der Waals surface area contributed by atoms with Crippen LogP contribution in [0.25, 0.3) is 0 Å². The molecule has 20 heavy (non-hydrogen) atoms. The topological polar surface area (TPSA) is 75.6 Å². The Hall–Kier alpha value is -1.88. The van der Waals surface area contributed by atoms with Crippen molar-refractivity contribution in [2.45, 2.75) is 26.9 Å².